The third kappa shape index (κ3) is 4.74. The number of nitrogens with zero attached hydrogens (tertiary/aromatic N) is 1. The van der Waals surface area contributed by atoms with Crippen LogP contribution in [0.2, 0.25) is 10.0 Å². The van der Waals surface area contributed by atoms with Gasteiger partial charge < -0.3 is 15.4 Å². The van der Waals surface area contributed by atoms with Gasteiger partial charge in [-0.25, -0.2) is 9.78 Å². The number of benzene rings is 2. The van der Waals surface area contributed by atoms with Crippen LogP contribution >= 0.6 is 50.5 Å². The zero-order valence-electron chi connectivity index (χ0n) is 15.3. The van der Waals surface area contributed by atoms with Crippen LogP contribution in [0.4, 0.5) is 18.3 Å². The van der Waals surface area contributed by atoms with E-state index in [0.717, 1.165) is 24.5 Å². The molecule has 1 aromatic heterocycles. The van der Waals surface area contributed by atoms with Crippen LogP contribution in [0.15, 0.2) is 40.9 Å². The number of esters is 1. The van der Waals surface area contributed by atoms with Crippen LogP contribution in [0.1, 0.15) is 10.4 Å². The molecule has 2 aromatic carbocycles. The van der Waals surface area contributed by atoms with Crippen LogP contribution < -0.4 is 10.6 Å². The van der Waals surface area contributed by atoms with Crippen molar-refractivity contribution >= 4 is 77.7 Å². The molecule has 164 valence electrons. The molecule has 0 aliphatic heterocycles. The fourth-order valence-corrected chi connectivity index (χ4v) is 4.53. The molecular formula is C18H11BrCl2F3N3O3S. The topological polar surface area (TPSA) is 80.3 Å². The first-order valence-electron chi connectivity index (χ1n) is 8.24. The van der Waals surface area contributed by atoms with Crippen molar-refractivity contribution in [1.82, 2.24) is 10.3 Å². The summed E-state index contributed by atoms with van der Waals surface area (Å²) in [5.74, 6) is -3.07. The van der Waals surface area contributed by atoms with Gasteiger partial charge in [0.25, 0.3) is 5.91 Å². The lowest BCUT2D eigenvalue weighted by Gasteiger charge is -2.34. The summed E-state index contributed by atoms with van der Waals surface area (Å²) in [7, 11) is 0.765. The van der Waals surface area contributed by atoms with E-state index in [9.17, 15) is 22.8 Å². The number of fused-ring (bicyclic) bond motifs is 1. The van der Waals surface area contributed by atoms with Gasteiger partial charge in [-0.1, -0.05) is 50.5 Å². The number of carbonyl (C=O) groups is 2. The number of halogens is 6. The number of anilines is 1. The summed E-state index contributed by atoms with van der Waals surface area (Å²) in [6.07, 6.45) is -5.31. The predicted molar refractivity (Wildman–Crippen MR) is 116 cm³/mol. The minimum Gasteiger partial charge on any atom is -0.466 e. The quantitative estimate of drug-likeness (QED) is 0.314. The van der Waals surface area contributed by atoms with Crippen molar-refractivity contribution in [1.29, 1.82) is 0 Å². The molecule has 0 saturated carbocycles. The van der Waals surface area contributed by atoms with E-state index in [2.05, 4.69) is 25.7 Å². The Hall–Kier alpha value is -2.08. The largest absolute Gasteiger partial charge is 0.466 e. The van der Waals surface area contributed by atoms with E-state index >= 15 is 0 Å². The molecule has 6 nitrogen and oxygen atoms in total. The number of nitrogens with one attached hydrogen (secondary N) is 2. The summed E-state index contributed by atoms with van der Waals surface area (Å²) >= 11 is 15.8. The number of methoxy groups -OCH3 is 1. The van der Waals surface area contributed by atoms with Crippen LogP contribution in [-0.2, 0) is 9.53 Å². The highest BCUT2D eigenvalue weighted by Gasteiger charge is 2.64. The molecule has 0 unspecified atom stereocenters. The Kier molecular flexibility index (Phi) is 6.70. The van der Waals surface area contributed by atoms with Crippen molar-refractivity contribution in [2.45, 2.75) is 11.8 Å². The molecule has 3 rings (SSSR count). The third-order valence-electron chi connectivity index (χ3n) is 4.04. The van der Waals surface area contributed by atoms with Gasteiger partial charge in [0.2, 0.25) is 0 Å². The standard InChI is InChI=1S/C18H11BrCl2F3N3O3S/c1-30-15(29)17(18(22,23)24,26-14(28)10-4-3-9(20)7-11(10)21)27-16-25-12-5-2-8(19)6-13(12)31-16/h2-7H,1H3,(H,25,27)(H,26,28)/t17-/m1/s1. The van der Waals surface area contributed by atoms with Crippen LogP contribution in [0.5, 0.6) is 0 Å². The summed E-state index contributed by atoms with van der Waals surface area (Å²) < 4.78 is 48.2. The molecule has 0 spiro atoms. The Morgan fingerprint density at radius 1 is 1.16 bits per heavy atom. The molecule has 1 amide bonds. The summed E-state index contributed by atoms with van der Waals surface area (Å²) in [5, 5.41) is 3.41. The Bertz CT molecular complexity index is 1170. The molecule has 0 saturated heterocycles. The molecule has 0 bridgehead atoms. The van der Waals surface area contributed by atoms with E-state index in [1.165, 1.54) is 12.1 Å². The summed E-state index contributed by atoms with van der Waals surface area (Å²) in [6.45, 7) is 0. The Morgan fingerprint density at radius 2 is 1.87 bits per heavy atom. The van der Waals surface area contributed by atoms with Crippen LogP contribution in [0.25, 0.3) is 10.2 Å². The first kappa shape index (κ1) is 23.6. The second kappa shape index (κ2) is 8.81. The SMILES string of the molecule is COC(=O)[C@@](NC(=O)c1ccc(Cl)cc1Cl)(Nc1nc2ccc(Br)cc2s1)C(F)(F)F. The molecule has 0 aliphatic carbocycles. The number of alkyl halides is 3. The molecule has 0 radical (unpaired) electrons. The smallest absolute Gasteiger partial charge is 0.442 e. The first-order valence-corrected chi connectivity index (χ1v) is 10.6. The van der Waals surface area contributed by atoms with E-state index in [4.69, 9.17) is 23.2 Å². The van der Waals surface area contributed by atoms with Gasteiger partial charge in [-0.05, 0) is 36.4 Å². The zero-order valence-corrected chi connectivity index (χ0v) is 19.2. The van der Waals surface area contributed by atoms with Crippen LogP contribution in [-0.4, -0.2) is 35.8 Å². The van der Waals surface area contributed by atoms with Crippen molar-refractivity contribution in [3.05, 3.63) is 56.5 Å². The van der Waals surface area contributed by atoms with Gasteiger partial charge >= 0.3 is 17.8 Å². The molecule has 1 heterocycles. The van der Waals surface area contributed by atoms with Gasteiger partial charge in [0.05, 0.1) is 27.9 Å². The number of carbonyl (C=O) groups excluding carboxylic acids is 2. The van der Waals surface area contributed by atoms with Crippen molar-refractivity contribution in [3.63, 3.8) is 0 Å². The highest BCUT2D eigenvalue weighted by Crippen LogP contribution is 2.37. The second-order valence-electron chi connectivity index (χ2n) is 6.07. The highest BCUT2D eigenvalue weighted by molar-refractivity contribution is 9.10. The summed E-state index contributed by atoms with van der Waals surface area (Å²) in [5.41, 5.74) is -3.56. The van der Waals surface area contributed by atoms with Gasteiger partial charge in [-0.3, -0.25) is 4.79 Å². The van der Waals surface area contributed by atoms with Gasteiger partial charge in [-0.2, -0.15) is 13.2 Å². The Labute approximate surface area is 195 Å². The zero-order chi connectivity index (χ0) is 23.0. The lowest BCUT2D eigenvalue weighted by Crippen LogP contribution is -2.69. The number of rotatable bonds is 5. The Morgan fingerprint density at radius 3 is 2.48 bits per heavy atom. The lowest BCUT2D eigenvalue weighted by molar-refractivity contribution is -0.203. The molecule has 3 aromatic rings. The molecule has 0 aliphatic rings. The molecule has 31 heavy (non-hydrogen) atoms. The number of aromatic nitrogens is 1. The van der Waals surface area contributed by atoms with Gasteiger partial charge in [-0.15, -0.1) is 0 Å². The van der Waals surface area contributed by atoms with Crippen LogP contribution in [0.3, 0.4) is 0 Å². The average molecular weight is 557 g/mol. The van der Waals surface area contributed by atoms with Crippen LogP contribution in [0, 0.1) is 0 Å². The minimum atomic E-state index is -5.31. The molecule has 0 fully saturated rings. The maximum absolute atomic E-state index is 14.2. The number of thiazole rings is 1. The number of hydrogen-bond acceptors (Lipinski definition) is 6. The van der Waals surface area contributed by atoms with E-state index in [1.807, 2.05) is 5.32 Å². The van der Waals surface area contributed by atoms with E-state index < -0.39 is 23.7 Å². The number of hydrogen-bond donors (Lipinski definition) is 2. The fraction of sp³-hybridized carbons (Fsp3) is 0.167. The molecular weight excluding hydrogens is 546 g/mol. The number of ether oxygens (including phenoxy) is 1. The lowest BCUT2D eigenvalue weighted by atomic mass is 10.1. The van der Waals surface area contributed by atoms with E-state index in [1.54, 1.807) is 23.5 Å². The summed E-state index contributed by atoms with van der Waals surface area (Å²) in [6, 6.07) is 8.48. The molecule has 1 atom stereocenters. The van der Waals surface area contributed by atoms with Crippen molar-refractivity contribution < 1.29 is 27.5 Å². The Balaban J connectivity index is 2.07. The monoisotopic (exact) mass is 555 g/mol. The first-order chi connectivity index (χ1) is 14.5. The maximum atomic E-state index is 14.2. The normalized spacial score (nSPS) is 13.5. The number of amides is 1. The van der Waals surface area contributed by atoms with Gasteiger partial charge in [0, 0.05) is 9.50 Å². The highest BCUT2D eigenvalue weighted by atomic mass is 79.9. The van der Waals surface area contributed by atoms with Crippen molar-refractivity contribution in [2.24, 2.45) is 0 Å². The molecule has 13 heteroatoms. The second-order valence-corrected chi connectivity index (χ2v) is 8.86. The third-order valence-corrected chi connectivity index (χ3v) is 6.01. The van der Waals surface area contributed by atoms with E-state index in [-0.39, 0.29) is 20.7 Å². The van der Waals surface area contributed by atoms with Gasteiger partial charge in [0.1, 0.15) is 0 Å². The fourth-order valence-electron chi connectivity index (χ4n) is 2.57. The molecule has 2 N–H and O–H groups in total. The van der Waals surface area contributed by atoms with E-state index in [0.29, 0.717) is 14.7 Å². The summed E-state index contributed by atoms with van der Waals surface area (Å²) in [4.78, 5) is 29.1. The average Bonchev–Trinajstić information content (AvgIpc) is 3.06. The van der Waals surface area contributed by atoms with Gasteiger partial charge in [0.15, 0.2) is 5.13 Å². The van der Waals surface area contributed by atoms with Crippen molar-refractivity contribution in [2.75, 3.05) is 12.4 Å². The van der Waals surface area contributed by atoms with Crippen molar-refractivity contribution in [3.8, 4) is 0 Å². The minimum absolute atomic E-state index is 0.176. The predicted octanol–water partition coefficient (Wildman–Crippen LogP) is 5.64. The maximum Gasteiger partial charge on any atom is 0.442 e.